The van der Waals surface area contributed by atoms with Gasteiger partial charge in [0, 0.05) is 17.7 Å². The maximum absolute atomic E-state index is 13.1. The molecule has 1 fully saturated rings. The second-order valence-electron chi connectivity index (χ2n) is 5.31. The molecule has 1 aliphatic carbocycles. The standard InChI is InChI=1S/C14H16F2O3S/c1-20(18,19)11-4-2-3-9(7-11)14(17)10-5-6-12(15)13(16)8-10/h5-6,8-9,11H,2-4,7H2,1H3. The zero-order chi connectivity index (χ0) is 14.9. The molecule has 0 radical (unpaired) electrons. The largest absolute Gasteiger partial charge is 0.294 e. The molecule has 3 nitrogen and oxygen atoms in total. The molecule has 0 heterocycles. The van der Waals surface area contributed by atoms with E-state index < -0.39 is 32.6 Å². The second kappa shape index (κ2) is 5.60. The summed E-state index contributed by atoms with van der Waals surface area (Å²) in [4.78, 5) is 12.3. The molecule has 2 rings (SSSR count). The van der Waals surface area contributed by atoms with Crippen LogP contribution in [-0.4, -0.2) is 25.7 Å². The number of rotatable bonds is 3. The topological polar surface area (TPSA) is 51.2 Å². The lowest BCUT2D eigenvalue weighted by Crippen LogP contribution is -2.31. The van der Waals surface area contributed by atoms with E-state index in [1.165, 1.54) is 12.3 Å². The lowest BCUT2D eigenvalue weighted by atomic mass is 9.83. The van der Waals surface area contributed by atoms with Crippen LogP contribution >= 0.6 is 0 Å². The summed E-state index contributed by atoms with van der Waals surface area (Å²) in [5, 5.41) is -0.518. The predicted octanol–water partition coefficient (Wildman–Crippen LogP) is 2.75. The average molecular weight is 302 g/mol. The molecule has 0 bridgehead atoms. The summed E-state index contributed by atoms with van der Waals surface area (Å²) in [5.74, 6) is -2.81. The van der Waals surface area contributed by atoms with Gasteiger partial charge in [0.05, 0.1) is 5.25 Å². The monoisotopic (exact) mass is 302 g/mol. The van der Waals surface area contributed by atoms with Crippen molar-refractivity contribution in [2.45, 2.75) is 30.9 Å². The zero-order valence-electron chi connectivity index (χ0n) is 11.1. The Kier molecular flexibility index (Phi) is 4.22. The van der Waals surface area contributed by atoms with Gasteiger partial charge >= 0.3 is 0 Å². The normalized spacial score (nSPS) is 23.6. The first-order chi connectivity index (χ1) is 9.29. The van der Waals surface area contributed by atoms with E-state index in [4.69, 9.17) is 0 Å². The van der Waals surface area contributed by atoms with Gasteiger partial charge in [-0.05, 0) is 37.5 Å². The molecule has 0 spiro atoms. The summed E-state index contributed by atoms with van der Waals surface area (Å²) in [6.07, 6.45) is 3.22. The number of halogens is 2. The van der Waals surface area contributed by atoms with Gasteiger partial charge in [-0.2, -0.15) is 0 Å². The number of sulfone groups is 1. The molecule has 1 aliphatic rings. The minimum atomic E-state index is -3.18. The van der Waals surface area contributed by atoms with Crippen molar-refractivity contribution in [3.05, 3.63) is 35.4 Å². The third-order valence-electron chi connectivity index (χ3n) is 3.81. The molecule has 2 atom stereocenters. The van der Waals surface area contributed by atoms with Crippen LogP contribution in [-0.2, 0) is 9.84 Å². The fraction of sp³-hybridized carbons (Fsp3) is 0.500. The maximum atomic E-state index is 13.1. The molecule has 0 amide bonds. The highest BCUT2D eigenvalue weighted by atomic mass is 32.2. The molecule has 0 aliphatic heterocycles. The second-order valence-corrected chi connectivity index (χ2v) is 7.63. The first-order valence-electron chi connectivity index (χ1n) is 6.47. The predicted molar refractivity (Wildman–Crippen MR) is 71.3 cm³/mol. The van der Waals surface area contributed by atoms with Crippen molar-refractivity contribution < 1.29 is 22.0 Å². The fourth-order valence-electron chi connectivity index (χ4n) is 2.66. The Labute approximate surface area is 116 Å². The first kappa shape index (κ1) is 15.1. The zero-order valence-corrected chi connectivity index (χ0v) is 11.9. The van der Waals surface area contributed by atoms with Crippen molar-refractivity contribution in [1.29, 1.82) is 0 Å². The lowest BCUT2D eigenvalue weighted by molar-refractivity contribution is 0.0890. The average Bonchev–Trinajstić information content (AvgIpc) is 2.40. The lowest BCUT2D eigenvalue weighted by Gasteiger charge is -2.27. The summed E-state index contributed by atoms with van der Waals surface area (Å²) >= 11 is 0. The van der Waals surface area contributed by atoms with Crippen molar-refractivity contribution in [2.24, 2.45) is 5.92 Å². The molecule has 1 saturated carbocycles. The Balaban J connectivity index is 2.18. The molecule has 1 aromatic rings. The van der Waals surface area contributed by atoms with Gasteiger partial charge in [-0.15, -0.1) is 0 Å². The Morgan fingerprint density at radius 3 is 2.50 bits per heavy atom. The van der Waals surface area contributed by atoms with Gasteiger partial charge in [-0.3, -0.25) is 4.79 Å². The van der Waals surface area contributed by atoms with Crippen molar-refractivity contribution >= 4 is 15.6 Å². The van der Waals surface area contributed by atoms with Crippen LogP contribution in [0.5, 0.6) is 0 Å². The quantitative estimate of drug-likeness (QED) is 0.807. The molecular weight excluding hydrogens is 286 g/mol. The number of hydrogen-bond acceptors (Lipinski definition) is 3. The van der Waals surface area contributed by atoms with E-state index in [0.29, 0.717) is 19.3 Å². The molecule has 0 saturated heterocycles. The van der Waals surface area contributed by atoms with Crippen LogP contribution in [0.1, 0.15) is 36.0 Å². The van der Waals surface area contributed by atoms with Crippen LogP contribution in [0.25, 0.3) is 0 Å². The maximum Gasteiger partial charge on any atom is 0.166 e. The van der Waals surface area contributed by atoms with Gasteiger partial charge in [0.2, 0.25) is 0 Å². The number of carbonyl (C=O) groups is 1. The molecular formula is C14H16F2O3S. The number of Topliss-reactive ketones (excluding diaryl/α,β-unsaturated/α-hetero) is 1. The van der Waals surface area contributed by atoms with E-state index in [2.05, 4.69) is 0 Å². The smallest absolute Gasteiger partial charge is 0.166 e. The van der Waals surface area contributed by atoms with Crippen molar-refractivity contribution in [3.63, 3.8) is 0 Å². The Morgan fingerprint density at radius 2 is 1.90 bits per heavy atom. The van der Waals surface area contributed by atoms with E-state index in [1.54, 1.807) is 0 Å². The van der Waals surface area contributed by atoms with Gasteiger partial charge in [0.15, 0.2) is 17.4 Å². The Morgan fingerprint density at radius 1 is 1.20 bits per heavy atom. The van der Waals surface area contributed by atoms with Gasteiger partial charge in [0.1, 0.15) is 9.84 Å². The Hall–Kier alpha value is -1.30. The van der Waals surface area contributed by atoms with Crippen molar-refractivity contribution in [2.75, 3.05) is 6.26 Å². The highest BCUT2D eigenvalue weighted by Crippen LogP contribution is 2.31. The van der Waals surface area contributed by atoms with Crippen molar-refractivity contribution in [1.82, 2.24) is 0 Å². The van der Waals surface area contributed by atoms with Crippen molar-refractivity contribution in [3.8, 4) is 0 Å². The number of benzene rings is 1. The summed E-state index contributed by atoms with van der Waals surface area (Å²) in [6.45, 7) is 0. The van der Waals surface area contributed by atoms with E-state index >= 15 is 0 Å². The summed E-state index contributed by atoms with van der Waals surface area (Å²) in [7, 11) is -3.18. The SMILES string of the molecule is CS(=O)(=O)C1CCCC(C(=O)c2ccc(F)c(F)c2)C1. The number of ketones is 1. The molecule has 0 N–H and O–H groups in total. The molecule has 0 aromatic heterocycles. The van der Waals surface area contributed by atoms with Gasteiger partial charge in [-0.1, -0.05) is 6.42 Å². The van der Waals surface area contributed by atoms with E-state index in [1.807, 2.05) is 0 Å². The summed E-state index contributed by atoms with van der Waals surface area (Å²) in [6, 6.07) is 3.03. The van der Waals surface area contributed by atoms with Gasteiger partial charge < -0.3 is 0 Å². The van der Waals surface area contributed by atoms with Gasteiger partial charge in [0.25, 0.3) is 0 Å². The molecule has 2 unspecified atom stereocenters. The summed E-state index contributed by atoms with van der Waals surface area (Å²) in [5.41, 5.74) is 0.100. The van der Waals surface area contributed by atoms with Crippen LogP contribution in [0.2, 0.25) is 0 Å². The van der Waals surface area contributed by atoms with E-state index in [0.717, 1.165) is 12.1 Å². The number of hydrogen-bond donors (Lipinski definition) is 0. The minimum Gasteiger partial charge on any atom is -0.294 e. The van der Waals surface area contributed by atoms with Crippen LogP contribution in [0.4, 0.5) is 8.78 Å². The fourth-order valence-corrected chi connectivity index (χ4v) is 3.83. The molecule has 20 heavy (non-hydrogen) atoms. The Bertz CT molecular complexity index is 625. The minimum absolute atomic E-state index is 0.100. The highest BCUT2D eigenvalue weighted by Gasteiger charge is 2.32. The van der Waals surface area contributed by atoms with Crippen LogP contribution in [0.3, 0.4) is 0 Å². The first-order valence-corrected chi connectivity index (χ1v) is 8.42. The van der Waals surface area contributed by atoms with Gasteiger partial charge in [-0.25, -0.2) is 17.2 Å². The molecule has 1 aromatic carbocycles. The van der Waals surface area contributed by atoms with Crippen LogP contribution in [0, 0.1) is 17.6 Å². The molecule has 110 valence electrons. The van der Waals surface area contributed by atoms with E-state index in [-0.39, 0.29) is 17.8 Å². The third-order valence-corrected chi connectivity index (χ3v) is 5.45. The third kappa shape index (κ3) is 3.23. The van der Waals surface area contributed by atoms with Crippen LogP contribution < -0.4 is 0 Å². The van der Waals surface area contributed by atoms with Crippen LogP contribution in [0.15, 0.2) is 18.2 Å². The summed E-state index contributed by atoms with van der Waals surface area (Å²) < 4.78 is 49.1. The number of carbonyl (C=O) groups excluding carboxylic acids is 1. The van der Waals surface area contributed by atoms with E-state index in [9.17, 15) is 22.0 Å². The highest BCUT2D eigenvalue weighted by molar-refractivity contribution is 7.91. The molecule has 6 heteroatoms.